The maximum Gasteiger partial charge on any atom is 0.332 e. The van der Waals surface area contributed by atoms with Crippen LogP contribution < -0.4 is 40.0 Å². The number of halogens is 1. The molecule has 2 aromatic heterocycles. The van der Waals surface area contributed by atoms with E-state index in [1.54, 1.807) is 18.7 Å². The summed E-state index contributed by atoms with van der Waals surface area (Å²) in [6.07, 6.45) is 0. The Morgan fingerprint density at radius 3 is 2.26 bits per heavy atom. The van der Waals surface area contributed by atoms with Crippen LogP contribution in [-0.4, -0.2) is 57.0 Å². The first-order chi connectivity index (χ1) is 10.2. The minimum atomic E-state index is -0.397. The molecule has 0 radical (unpaired) electrons. The van der Waals surface area contributed by atoms with E-state index in [1.807, 2.05) is 0 Å². The fourth-order valence-corrected chi connectivity index (χ4v) is 2.17. The highest BCUT2D eigenvalue weighted by molar-refractivity contribution is 5.71. The Hall–Kier alpha value is -1.36. The highest BCUT2D eigenvalue weighted by Crippen LogP contribution is 2.15. The van der Waals surface area contributed by atoms with Gasteiger partial charge in [0.1, 0.15) is 13.2 Å². The van der Waals surface area contributed by atoms with Crippen molar-refractivity contribution in [3.8, 4) is 6.01 Å². The highest BCUT2D eigenvalue weighted by atomic mass is 127. The van der Waals surface area contributed by atoms with Gasteiger partial charge in [0.25, 0.3) is 11.6 Å². The van der Waals surface area contributed by atoms with E-state index in [9.17, 15) is 9.59 Å². The molecule has 0 fully saturated rings. The number of imidazole rings is 1. The van der Waals surface area contributed by atoms with Crippen molar-refractivity contribution in [2.45, 2.75) is 6.92 Å². The number of hydrogen-bond donors (Lipinski definition) is 0. The van der Waals surface area contributed by atoms with Gasteiger partial charge in [0, 0.05) is 21.1 Å². The zero-order chi connectivity index (χ0) is 16.7. The summed E-state index contributed by atoms with van der Waals surface area (Å²) in [5.74, 6) is 0. The van der Waals surface area contributed by atoms with Crippen LogP contribution in [0, 0.1) is 0 Å². The number of likely N-dealkylation sites (N-methyl/N-ethyl adjacent to an activating group) is 1. The molecule has 0 bridgehead atoms. The smallest absolute Gasteiger partial charge is 0.332 e. The molecule has 0 aromatic carbocycles. The molecule has 0 aliphatic heterocycles. The number of nitrogens with zero attached hydrogens (tertiary/aromatic N) is 5. The molecule has 9 heteroatoms. The van der Waals surface area contributed by atoms with Gasteiger partial charge in [-0.05, 0) is 6.92 Å². The zero-order valence-electron chi connectivity index (χ0n) is 14.5. The molecule has 0 amide bonds. The fraction of sp³-hybridized carbons (Fsp3) is 0.643. The Morgan fingerprint density at radius 2 is 1.70 bits per heavy atom. The second-order valence-electron chi connectivity index (χ2n) is 6.16. The average molecular weight is 437 g/mol. The van der Waals surface area contributed by atoms with E-state index in [2.05, 4.69) is 26.0 Å². The first-order valence-electron chi connectivity index (χ1n) is 7.27. The molecule has 0 saturated heterocycles. The molecular weight excluding hydrogens is 413 g/mol. The summed E-state index contributed by atoms with van der Waals surface area (Å²) >= 11 is 0. The molecular formula is C14H24IN5O3. The van der Waals surface area contributed by atoms with Crippen LogP contribution in [0.5, 0.6) is 6.01 Å². The van der Waals surface area contributed by atoms with Gasteiger partial charge in [-0.3, -0.25) is 18.5 Å². The van der Waals surface area contributed by atoms with Gasteiger partial charge in [0.2, 0.25) is 0 Å². The third kappa shape index (κ3) is 3.60. The van der Waals surface area contributed by atoms with Crippen molar-refractivity contribution in [2.75, 3.05) is 33.8 Å². The van der Waals surface area contributed by atoms with Crippen molar-refractivity contribution >= 4 is 11.2 Å². The number of ether oxygens (including phenoxy) is 1. The molecule has 0 spiro atoms. The van der Waals surface area contributed by atoms with E-state index in [4.69, 9.17) is 4.74 Å². The number of fused-ring (bicyclic) bond motifs is 1. The molecule has 130 valence electrons. The lowest BCUT2D eigenvalue weighted by atomic mass is 10.4. The molecule has 0 saturated carbocycles. The van der Waals surface area contributed by atoms with E-state index in [0.717, 1.165) is 22.1 Å². The largest absolute Gasteiger partial charge is 1.00 e. The van der Waals surface area contributed by atoms with Crippen molar-refractivity contribution in [1.29, 1.82) is 0 Å². The lowest BCUT2D eigenvalue weighted by Gasteiger charge is -2.27. The van der Waals surface area contributed by atoms with E-state index in [-0.39, 0.29) is 29.5 Å². The van der Waals surface area contributed by atoms with Crippen LogP contribution >= 0.6 is 0 Å². The van der Waals surface area contributed by atoms with Gasteiger partial charge in [0.05, 0.1) is 20.6 Å². The molecule has 0 aliphatic carbocycles. The maximum absolute atomic E-state index is 12.2. The third-order valence-electron chi connectivity index (χ3n) is 4.22. The maximum atomic E-state index is 12.2. The molecule has 0 N–H and O–H groups in total. The van der Waals surface area contributed by atoms with Gasteiger partial charge in [-0.1, -0.05) is 0 Å². The SMILES string of the molecule is CC[N+](C)(C)CCOc1nc2c(c(=O)n(C)c(=O)n2C)n1C.[I-]. The van der Waals surface area contributed by atoms with Crippen molar-refractivity contribution in [3.05, 3.63) is 20.8 Å². The van der Waals surface area contributed by atoms with Gasteiger partial charge < -0.3 is 33.2 Å². The first-order valence-corrected chi connectivity index (χ1v) is 7.27. The molecule has 2 heterocycles. The number of aromatic nitrogens is 4. The Labute approximate surface area is 151 Å². The predicted molar refractivity (Wildman–Crippen MR) is 84.2 cm³/mol. The van der Waals surface area contributed by atoms with Crippen molar-refractivity contribution in [2.24, 2.45) is 21.1 Å². The number of aryl methyl sites for hydroxylation is 2. The predicted octanol–water partition coefficient (Wildman–Crippen LogP) is -3.55. The van der Waals surface area contributed by atoms with Crippen LogP contribution in [0.1, 0.15) is 6.92 Å². The van der Waals surface area contributed by atoms with Crippen molar-refractivity contribution in [1.82, 2.24) is 18.7 Å². The quantitative estimate of drug-likeness (QED) is 0.359. The van der Waals surface area contributed by atoms with Crippen LogP contribution in [0.25, 0.3) is 11.2 Å². The monoisotopic (exact) mass is 437 g/mol. The molecule has 2 rings (SSSR count). The normalized spacial score (nSPS) is 11.6. The Kier molecular flexibility index (Phi) is 6.02. The standard InChI is InChI=1S/C14H24N5O3.HI/c1-7-19(5,6)8-9-22-13-15-11-10(16(13)2)12(20)18(4)14(21)17(11)3;/h7-9H2,1-6H3;1H/q+1;/p-1. The number of hydrogen-bond acceptors (Lipinski definition) is 4. The Balaban J connectivity index is 0.00000264. The molecule has 2 aromatic rings. The molecule has 0 unspecified atom stereocenters. The minimum Gasteiger partial charge on any atom is -1.00 e. The summed E-state index contributed by atoms with van der Waals surface area (Å²) < 4.78 is 10.6. The molecule has 23 heavy (non-hydrogen) atoms. The Bertz CT molecular complexity index is 818. The average Bonchev–Trinajstić information content (AvgIpc) is 2.80. The van der Waals surface area contributed by atoms with E-state index in [0.29, 0.717) is 23.8 Å². The Morgan fingerprint density at radius 1 is 1.09 bits per heavy atom. The van der Waals surface area contributed by atoms with Gasteiger partial charge in [0.15, 0.2) is 11.2 Å². The van der Waals surface area contributed by atoms with E-state index in [1.165, 1.54) is 11.6 Å². The van der Waals surface area contributed by atoms with Crippen LogP contribution in [0.2, 0.25) is 0 Å². The van der Waals surface area contributed by atoms with Crippen molar-refractivity contribution < 1.29 is 33.2 Å². The topological polar surface area (TPSA) is 71.1 Å². The van der Waals surface area contributed by atoms with Crippen LogP contribution in [-0.2, 0) is 21.1 Å². The van der Waals surface area contributed by atoms with Gasteiger partial charge >= 0.3 is 5.69 Å². The van der Waals surface area contributed by atoms with E-state index < -0.39 is 5.69 Å². The van der Waals surface area contributed by atoms with Gasteiger partial charge in [-0.25, -0.2) is 4.79 Å². The lowest BCUT2D eigenvalue weighted by Crippen LogP contribution is -3.00. The molecule has 0 aliphatic rings. The minimum absolute atomic E-state index is 0. The second-order valence-corrected chi connectivity index (χ2v) is 6.16. The highest BCUT2D eigenvalue weighted by Gasteiger charge is 2.19. The van der Waals surface area contributed by atoms with Gasteiger partial charge in [-0.15, -0.1) is 0 Å². The lowest BCUT2D eigenvalue weighted by molar-refractivity contribution is -0.888. The van der Waals surface area contributed by atoms with Crippen LogP contribution in [0.4, 0.5) is 0 Å². The molecule has 8 nitrogen and oxygen atoms in total. The summed E-state index contributed by atoms with van der Waals surface area (Å²) in [6.45, 7) is 4.44. The van der Waals surface area contributed by atoms with E-state index >= 15 is 0 Å². The summed E-state index contributed by atoms with van der Waals surface area (Å²) in [6, 6.07) is 0.351. The van der Waals surface area contributed by atoms with Crippen molar-refractivity contribution in [3.63, 3.8) is 0 Å². The summed E-state index contributed by atoms with van der Waals surface area (Å²) in [7, 11) is 9.02. The number of rotatable bonds is 5. The molecule has 0 atom stereocenters. The summed E-state index contributed by atoms with van der Waals surface area (Å²) in [4.78, 5) is 28.5. The second kappa shape index (κ2) is 7.04. The first kappa shape index (κ1) is 19.7. The summed E-state index contributed by atoms with van der Waals surface area (Å²) in [5.41, 5.74) is -0.0581. The fourth-order valence-electron chi connectivity index (χ4n) is 2.17. The zero-order valence-corrected chi connectivity index (χ0v) is 16.6. The van der Waals surface area contributed by atoms with Crippen LogP contribution in [0.15, 0.2) is 9.59 Å². The number of quaternary nitrogens is 1. The third-order valence-corrected chi connectivity index (χ3v) is 4.22. The van der Waals surface area contributed by atoms with Crippen LogP contribution in [0.3, 0.4) is 0 Å². The van der Waals surface area contributed by atoms with Gasteiger partial charge in [-0.2, -0.15) is 4.98 Å². The summed E-state index contributed by atoms with van der Waals surface area (Å²) in [5, 5.41) is 0.